The molecular weight excluding hydrogens is 375 g/mol. The van der Waals surface area contributed by atoms with Crippen molar-refractivity contribution in [3.8, 4) is 0 Å². The van der Waals surface area contributed by atoms with Crippen molar-refractivity contribution < 1.29 is 14.1 Å². The average Bonchev–Trinajstić information content (AvgIpc) is 2.70. The molecule has 0 aromatic heterocycles. The van der Waals surface area contributed by atoms with Gasteiger partial charge in [-0.2, -0.15) is 0 Å². The molecule has 0 atom stereocenters. The van der Waals surface area contributed by atoms with Crippen LogP contribution in [0.3, 0.4) is 0 Å². The van der Waals surface area contributed by atoms with Crippen LogP contribution < -0.4 is 5.32 Å². The second-order valence-corrected chi connectivity index (χ2v) is 7.26. The van der Waals surface area contributed by atoms with Crippen LogP contribution in [0.4, 0.5) is 15.8 Å². The molecule has 154 valence electrons. The highest BCUT2D eigenvalue weighted by Gasteiger charge is 2.19. The van der Waals surface area contributed by atoms with Gasteiger partial charge in [-0.1, -0.05) is 18.2 Å². The Morgan fingerprint density at radius 3 is 2.48 bits per heavy atom. The number of hydrogen-bond donors (Lipinski definition) is 1. The molecule has 1 aliphatic rings. The predicted octanol–water partition coefficient (Wildman–Crippen LogP) is 3.19. The Kier molecular flexibility index (Phi) is 6.90. The molecule has 1 N–H and O–H groups in total. The lowest BCUT2D eigenvalue weighted by molar-refractivity contribution is -0.384. The average molecular weight is 400 g/mol. The summed E-state index contributed by atoms with van der Waals surface area (Å²) in [5, 5.41) is 13.6. The van der Waals surface area contributed by atoms with Crippen molar-refractivity contribution in [1.82, 2.24) is 9.80 Å². The number of nitro groups is 1. The fourth-order valence-electron chi connectivity index (χ4n) is 3.41. The topological polar surface area (TPSA) is 78.7 Å². The first-order valence-electron chi connectivity index (χ1n) is 9.65. The molecule has 1 saturated heterocycles. The lowest BCUT2D eigenvalue weighted by Gasteiger charge is -2.34. The van der Waals surface area contributed by atoms with E-state index in [-0.39, 0.29) is 17.4 Å². The SMILES string of the molecule is Cc1cc([N+](=O)[O-])ccc1NC(=O)CCN1CCN(Cc2ccccc2F)CC1. The highest BCUT2D eigenvalue weighted by molar-refractivity contribution is 5.91. The van der Waals surface area contributed by atoms with Crippen molar-refractivity contribution in [2.24, 2.45) is 0 Å². The van der Waals surface area contributed by atoms with Gasteiger partial charge in [0.15, 0.2) is 0 Å². The van der Waals surface area contributed by atoms with Crippen LogP contribution in [0.15, 0.2) is 42.5 Å². The lowest BCUT2D eigenvalue weighted by Crippen LogP contribution is -2.46. The molecule has 1 heterocycles. The summed E-state index contributed by atoms with van der Waals surface area (Å²) in [6.45, 7) is 6.30. The van der Waals surface area contributed by atoms with Gasteiger partial charge >= 0.3 is 0 Å². The number of benzene rings is 2. The summed E-state index contributed by atoms with van der Waals surface area (Å²) >= 11 is 0. The second kappa shape index (κ2) is 9.58. The summed E-state index contributed by atoms with van der Waals surface area (Å²) in [5.41, 5.74) is 1.97. The molecule has 7 nitrogen and oxygen atoms in total. The van der Waals surface area contributed by atoms with Gasteiger partial charge in [-0.3, -0.25) is 19.8 Å². The normalized spacial score (nSPS) is 15.2. The molecule has 1 amide bonds. The van der Waals surface area contributed by atoms with E-state index in [9.17, 15) is 19.3 Å². The number of nitro benzene ring substituents is 1. The number of hydrogen-bond acceptors (Lipinski definition) is 5. The number of rotatable bonds is 7. The first-order valence-corrected chi connectivity index (χ1v) is 9.65. The molecule has 1 aliphatic heterocycles. The quantitative estimate of drug-likeness (QED) is 0.570. The van der Waals surface area contributed by atoms with E-state index in [0.29, 0.717) is 36.3 Å². The van der Waals surface area contributed by atoms with E-state index < -0.39 is 4.92 Å². The minimum Gasteiger partial charge on any atom is -0.326 e. The first kappa shape index (κ1) is 20.9. The number of piperazine rings is 1. The number of carbonyl (C=O) groups is 1. The first-order chi connectivity index (χ1) is 13.9. The van der Waals surface area contributed by atoms with Crippen LogP contribution in [-0.2, 0) is 11.3 Å². The molecule has 2 aromatic rings. The Bertz CT molecular complexity index is 882. The molecule has 29 heavy (non-hydrogen) atoms. The number of carbonyl (C=O) groups excluding carboxylic acids is 1. The van der Waals surface area contributed by atoms with Crippen LogP contribution in [-0.4, -0.2) is 53.4 Å². The van der Waals surface area contributed by atoms with Crippen LogP contribution in [0.2, 0.25) is 0 Å². The van der Waals surface area contributed by atoms with E-state index in [4.69, 9.17) is 0 Å². The summed E-state index contributed by atoms with van der Waals surface area (Å²) in [5.74, 6) is -0.288. The number of anilines is 1. The van der Waals surface area contributed by atoms with Crippen LogP contribution in [0, 0.1) is 22.9 Å². The third kappa shape index (κ3) is 5.82. The molecular formula is C21H25FN4O3. The van der Waals surface area contributed by atoms with Gasteiger partial charge in [-0.15, -0.1) is 0 Å². The third-order valence-corrected chi connectivity index (χ3v) is 5.17. The minimum absolute atomic E-state index is 0.00811. The number of halogens is 1. The molecule has 0 unspecified atom stereocenters. The van der Waals surface area contributed by atoms with Crippen molar-refractivity contribution in [3.63, 3.8) is 0 Å². The number of aryl methyl sites for hydroxylation is 1. The zero-order valence-electron chi connectivity index (χ0n) is 16.4. The fourth-order valence-corrected chi connectivity index (χ4v) is 3.41. The minimum atomic E-state index is -0.454. The summed E-state index contributed by atoms with van der Waals surface area (Å²) in [4.78, 5) is 27.0. The van der Waals surface area contributed by atoms with E-state index in [1.165, 1.54) is 18.2 Å². The molecule has 0 bridgehead atoms. The van der Waals surface area contributed by atoms with E-state index in [2.05, 4.69) is 15.1 Å². The maximum Gasteiger partial charge on any atom is 0.269 e. The highest BCUT2D eigenvalue weighted by Crippen LogP contribution is 2.21. The molecule has 0 spiro atoms. The molecule has 2 aromatic carbocycles. The molecule has 8 heteroatoms. The van der Waals surface area contributed by atoms with Crippen molar-refractivity contribution in [1.29, 1.82) is 0 Å². The Balaban J connectivity index is 1.41. The maximum atomic E-state index is 13.8. The van der Waals surface area contributed by atoms with E-state index in [1.54, 1.807) is 19.1 Å². The Morgan fingerprint density at radius 2 is 1.83 bits per heavy atom. The summed E-state index contributed by atoms with van der Waals surface area (Å²) < 4.78 is 13.8. The summed E-state index contributed by atoms with van der Waals surface area (Å²) in [7, 11) is 0. The number of nitrogens with zero attached hydrogens (tertiary/aromatic N) is 3. The molecule has 0 radical (unpaired) electrons. The largest absolute Gasteiger partial charge is 0.326 e. The van der Waals surface area contributed by atoms with Crippen LogP contribution in [0.1, 0.15) is 17.5 Å². The van der Waals surface area contributed by atoms with Crippen molar-refractivity contribution in [2.75, 3.05) is 38.0 Å². The van der Waals surface area contributed by atoms with Crippen LogP contribution in [0.5, 0.6) is 0 Å². The standard InChI is InChI=1S/C21H25FN4O3/c1-16-14-18(26(28)29)6-7-20(16)23-21(27)8-9-24-10-12-25(13-11-24)15-17-4-2-3-5-19(17)22/h2-7,14H,8-13,15H2,1H3,(H,23,27). The Labute approximate surface area is 169 Å². The zero-order valence-corrected chi connectivity index (χ0v) is 16.4. The molecule has 0 aliphatic carbocycles. The third-order valence-electron chi connectivity index (χ3n) is 5.17. The summed E-state index contributed by atoms with van der Waals surface area (Å²) in [6, 6.07) is 11.2. The summed E-state index contributed by atoms with van der Waals surface area (Å²) in [6.07, 6.45) is 0.351. The van der Waals surface area contributed by atoms with Gasteiger partial charge in [0.1, 0.15) is 5.82 Å². The van der Waals surface area contributed by atoms with Crippen LogP contribution in [0.25, 0.3) is 0 Å². The molecule has 1 fully saturated rings. The Hall–Kier alpha value is -2.84. The lowest BCUT2D eigenvalue weighted by atomic mass is 10.1. The van der Waals surface area contributed by atoms with Gasteiger partial charge in [-0.05, 0) is 24.6 Å². The predicted molar refractivity (Wildman–Crippen MR) is 109 cm³/mol. The number of non-ortho nitro benzene ring substituents is 1. The zero-order chi connectivity index (χ0) is 20.8. The highest BCUT2D eigenvalue weighted by atomic mass is 19.1. The molecule has 3 rings (SSSR count). The van der Waals surface area contributed by atoms with Crippen LogP contribution >= 0.6 is 0 Å². The van der Waals surface area contributed by atoms with Gasteiger partial charge in [-0.25, -0.2) is 4.39 Å². The van der Waals surface area contributed by atoms with Crippen molar-refractivity contribution in [2.45, 2.75) is 19.9 Å². The van der Waals surface area contributed by atoms with Gasteiger partial charge in [0.2, 0.25) is 5.91 Å². The second-order valence-electron chi connectivity index (χ2n) is 7.26. The van der Waals surface area contributed by atoms with Gasteiger partial charge in [0, 0.05) is 69.1 Å². The van der Waals surface area contributed by atoms with Gasteiger partial charge in [0.25, 0.3) is 5.69 Å². The maximum absolute atomic E-state index is 13.8. The van der Waals surface area contributed by atoms with Gasteiger partial charge < -0.3 is 10.2 Å². The van der Waals surface area contributed by atoms with E-state index in [0.717, 1.165) is 26.2 Å². The van der Waals surface area contributed by atoms with Gasteiger partial charge in [0.05, 0.1) is 4.92 Å². The number of amides is 1. The fraction of sp³-hybridized carbons (Fsp3) is 0.381. The van der Waals surface area contributed by atoms with E-state index >= 15 is 0 Å². The monoisotopic (exact) mass is 400 g/mol. The van der Waals surface area contributed by atoms with E-state index in [1.807, 2.05) is 12.1 Å². The van der Waals surface area contributed by atoms with Crippen molar-refractivity contribution in [3.05, 3.63) is 69.5 Å². The van der Waals surface area contributed by atoms with Crippen molar-refractivity contribution >= 4 is 17.3 Å². The smallest absolute Gasteiger partial charge is 0.269 e. The molecule has 0 saturated carbocycles. The Morgan fingerprint density at radius 1 is 1.14 bits per heavy atom. The number of nitrogens with one attached hydrogen (secondary N) is 1.